The van der Waals surface area contributed by atoms with Crippen LogP contribution in [0.15, 0.2) is 82.2 Å². The molecular weight excluding hydrogens is 416 g/mol. The van der Waals surface area contributed by atoms with E-state index in [2.05, 4.69) is 13.8 Å². The molecule has 0 aliphatic heterocycles. The van der Waals surface area contributed by atoms with Gasteiger partial charge in [-0.25, -0.2) is 4.79 Å². The summed E-state index contributed by atoms with van der Waals surface area (Å²) in [6.07, 6.45) is 1.27. The fourth-order valence-electron chi connectivity index (χ4n) is 3.18. The van der Waals surface area contributed by atoms with Crippen molar-refractivity contribution in [1.29, 1.82) is 0 Å². The first-order valence-electron chi connectivity index (χ1n) is 9.73. The number of carbonyl (C=O) groups is 1. The Morgan fingerprint density at radius 3 is 2.48 bits per heavy atom. The number of rotatable bonds is 5. The highest BCUT2D eigenvalue weighted by molar-refractivity contribution is 6.33. The van der Waals surface area contributed by atoms with Crippen LogP contribution in [-0.2, 0) is 0 Å². The Hall–Kier alpha value is -3.57. The van der Waals surface area contributed by atoms with Crippen LogP contribution < -0.4 is 14.9 Å². The summed E-state index contributed by atoms with van der Waals surface area (Å²) in [5.74, 6) is 0.562. The Balaban J connectivity index is 1.62. The molecule has 5 nitrogen and oxygen atoms in total. The van der Waals surface area contributed by atoms with Crippen LogP contribution >= 0.6 is 11.6 Å². The van der Waals surface area contributed by atoms with Crippen LogP contribution in [0.2, 0.25) is 5.02 Å². The van der Waals surface area contributed by atoms with E-state index in [0.29, 0.717) is 16.2 Å². The van der Waals surface area contributed by atoms with Gasteiger partial charge < -0.3 is 13.9 Å². The quantitative estimate of drug-likeness (QED) is 0.262. The van der Waals surface area contributed by atoms with E-state index in [1.807, 2.05) is 24.3 Å². The number of fused-ring (bicyclic) bond motifs is 1. The number of esters is 1. The lowest BCUT2D eigenvalue weighted by Crippen LogP contribution is -2.10. The van der Waals surface area contributed by atoms with E-state index in [9.17, 15) is 9.59 Å². The maximum atomic E-state index is 12.9. The third-order valence-corrected chi connectivity index (χ3v) is 5.11. The van der Waals surface area contributed by atoms with Crippen molar-refractivity contribution in [3.63, 3.8) is 0 Å². The SMILES string of the molecule is CC(C)c1ccccc1Oc1coc2cc(OC(=O)c3ccccc3Cl)ccc2c1=O. The lowest BCUT2D eigenvalue weighted by Gasteiger charge is -2.13. The van der Waals surface area contributed by atoms with E-state index in [-0.39, 0.29) is 34.0 Å². The number of hydrogen-bond donors (Lipinski definition) is 0. The van der Waals surface area contributed by atoms with Crippen LogP contribution in [0.3, 0.4) is 0 Å². The minimum atomic E-state index is -0.599. The number of hydrogen-bond acceptors (Lipinski definition) is 5. The Morgan fingerprint density at radius 1 is 0.968 bits per heavy atom. The Labute approximate surface area is 183 Å². The lowest BCUT2D eigenvalue weighted by atomic mass is 10.0. The molecule has 0 atom stereocenters. The highest BCUT2D eigenvalue weighted by Gasteiger charge is 2.16. The van der Waals surface area contributed by atoms with Gasteiger partial charge in [-0.2, -0.15) is 0 Å². The minimum absolute atomic E-state index is 0.0846. The van der Waals surface area contributed by atoms with E-state index in [4.69, 9.17) is 25.5 Å². The molecule has 0 aliphatic carbocycles. The van der Waals surface area contributed by atoms with Crippen molar-refractivity contribution in [3.05, 3.63) is 99.4 Å². The summed E-state index contributed by atoms with van der Waals surface area (Å²) in [6.45, 7) is 4.10. The van der Waals surface area contributed by atoms with Gasteiger partial charge in [0.1, 0.15) is 23.3 Å². The summed E-state index contributed by atoms with van der Waals surface area (Å²) in [6, 6.07) is 18.7. The average Bonchev–Trinajstić information content (AvgIpc) is 2.76. The van der Waals surface area contributed by atoms with E-state index in [0.717, 1.165) is 5.56 Å². The average molecular weight is 435 g/mol. The second-order valence-electron chi connectivity index (χ2n) is 7.25. The molecule has 31 heavy (non-hydrogen) atoms. The molecule has 3 aromatic carbocycles. The number of carbonyl (C=O) groups excluding carboxylic acids is 1. The van der Waals surface area contributed by atoms with Crippen LogP contribution in [0.1, 0.15) is 35.7 Å². The normalized spacial score (nSPS) is 11.0. The van der Waals surface area contributed by atoms with Gasteiger partial charge in [-0.05, 0) is 41.8 Å². The molecule has 1 aromatic heterocycles. The van der Waals surface area contributed by atoms with Crippen molar-refractivity contribution in [1.82, 2.24) is 0 Å². The van der Waals surface area contributed by atoms with Gasteiger partial charge in [-0.3, -0.25) is 4.79 Å². The highest BCUT2D eigenvalue weighted by Crippen LogP contribution is 2.30. The summed E-state index contributed by atoms with van der Waals surface area (Å²) >= 11 is 6.04. The van der Waals surface area contributed by atoms with Crippen molar-refractivity contribution >= 4 is 28.5 Å². The number of ether oxygens (including phenoxy) is 2. The largest absolute Gasteiger partial charge is 0.460 e. The Bertz CT molecular complexity index is 1320. The van der Waals surface area contributed by atoms with Crippen LogP contribution in [0.4, 0.5) is 0 Å². The molecule has 0 spiro atoms. The first-order valence-corrected chi connectivity index (χ1v) is 10.1. The zero-order valence-electron chi connectivity index (χ0n) is 16.9. The van der Waals surface area contributed by atoms with Gasteiger partial charge >= 0.3 is 5.97 Å². The number of para-hydroxylation sites is 1. The predicted molar refractivity (Wildman–Crippen MR) is 119 cm³/mol. The van der Waals surface area contributed by atoms with E-state index in [1.165, 1.54) is 24.5 Å². The van der Waals surface area contributed by atoms with E-state index >= 15 is 0 Å². The first-order chi connectivity index (χ1) is 14.9. The van der Waals surface area contributed by atoms with Crippen molar-refractivity contribution < 1.29 is 18.7 Å². The monoisotopic (exact) mass is 434 g/mol. The van der Waals surface area contributed by atoms with Crippen LogP contribution in [-0.4, -0.2) is 5.97 Å². The smallest absolute Gasteiger partial charge is 0.345 e. The molecule has 0 amide bonds. The number of halogens is 1. The lowest BCUT2D eigenvalue weighted by molar-refractivity contribution is 0.0735. The number of benzene rings is 3. The molecule has 0 saturated carbocycles. The molecule has 4 rings (SSSR count). The maximum Gasteiger partial charge on any atom is 0.345 e. The van der Waals surface area contributed by atoms with Crippen molar-refractivity contribution in [2.24, 2.45) is 0 Å². The molecule has 0 fully saturated rings. The van der Waals surface area contributed by atoms with E-state index < -0.39 is 5.97 Å². The van der Waals surface area contributed by atoms with E-state index in [1.54, 1.807) is 24.3 Å². The van der Waals surface area contributed by atoms with Gasteiger partial charge in [-0.1, -0.05) is 55.8 Å². The van der Waals surface area contributed by atoms with Crippen LogP contribution in [0, 0.1) is 0 Å². The van der Waals surface area contributed by atoms with Crippen molar-refractivity contribution in [3.8, 4) is 17.2 Å². The third kappa shape index (κ3) is 4.32. The van der Waals surface area contributed by atoms with Gasteiger partial charge in [0.2, 0.25) is 11.2 Å². The van der Waals surface area contributed by atoms with Gasteiger partial charge in [0.25, 0.3) is 0 Å². The summed E-state index contributed by atoms with van der Waals surface area (Å²) in [5, 5.41) is 0.611. The fourth-order valence-corrected chi connectivity index (χ4v) is 3.40. The predicted octanol–water partition coefficient (Wildman–Crippen LogP) is 6.58. The fraction of sp³-hybridized carbons (Fsp3) is 0.120. The molecule has 0 saturated heterocycles. The van der Waals surface area contributed by atoms with Gasteiger partial charge in [0.05, 0.1) is 16.0 Å². The molecule has 0 bridgehead atoms. The molecule has 1 heterocycles. The summed E-state index contributed by atoms with van der Waals surface area (Å²) < 4.78 is 16.9. The Kier molecular flexibility index (Phi) is 5.78. The van der Waals surface area contributed by atoms with Crippen LogP contribution in [0.5, 0.6) is 17.2 Å². The van der Waals surface area contributed by atoms with Gasteiger partial charge in [0, 0.05) is 6.07 Å². The van der Waals surface area contributed by atoms with Gasteiger partial charge in [-0.15, -0.1) is 0 Å². The zero-order chi connectivity index (χ0) is 22.0. The standard InChI is InChI=1S/C25H19ClO5/c1-15(2)17-7-4-6-10-21(17)31-23-14-29-22-13-16(11-12-19(22)24(23)27)30-25(28)18-8-3-5-9-20(18)26/h3-15H,1-2H3. The molecule has 6 heteroatoms. The highest BCUT2D eigenvalue weighted by atomic mass is 35.5. The third-order valence-electron chi connectivity index (χ3n) is 4.78. The zero-order valence-corrected chi connectivity index (χ0v) is 17.7. The second-order valence-corrected chi connectivity index (χ2v) is 7.66. The molecule has 4 aromatic rings. The summed E-state index contributed by atoms with van der Waals surface area (Å²) in [5.41, 5.74) is 1.20. The molecule has 0 N–H and O–H groups in total. The maximum absolute atomic E-state index is 12.9. The molecule has 0 radical (unpaired) electrons. The molecular formula is C25H19ClO5. The Morgan fingerprint density at radius 2 is 1.71 bits per heavy atom. The summed E-state index contributed by atoms with van der Waals surface area (Å²) in [4.78, 5) is 25.3. The minimum Gasteiger partial charge on any atom is -0.460 e. The molecule has 0 aliphatic rings. The summed E-state index contributed by atoms with van der Waals surface area (Å²) in [7, 11) is 0. The topological polar surface area (TPSA) is 65.7 Å². The molecule has 156 valence electrons. The van der Waals surface area contributed by atoms with Crippen LogP contribution in [0.25, 0.3) is 11.0 Å². The van der Waals surface area contributed by atoms with Crippen molar-refractivity contribution in [2.75, 3.05) is 0 Å². The van der Waals surface area contributed by atoms with Crippen molar-refractivity contribution in [2.45, 2.75) is 19.8 Å². The first kappa shape index (κ1) is 20.7. The molecule has 0 unspecified atom stereocenters. The van der Waals surface area contributed by atoms with Gasteiger partial charge in [0.15, 0.2) is 0 Å². The second kappa shape index (κ2) is 8.66.